The Bertz CT molecular complexity index is 546. The number of ether oxygens (including phenoxy) is 1. The third-order valence-electron chi connectivity index (χ3n) is 3.66. The zero-order valence-corrected chi connectivity index (χ0v) is 12.5. The number of nitrogens with one attached hydrogen (secondary N) is 1. The summed E-state index contributed by atoms with van der Waals surface area (Å²) in [6.07, 6.45) is 4.65. The van der Waals surface area contributed by atoms with E-state index in [0.29, 0.717) is 12.2 Å². The van der Waals surface area contributed by atoms with Crippen molar-refractivity contribution >= 4 is 17.4 Å². The Morgan fingerprint density at radius 1 is 1.38 bits per heavy atom. The number of carbonyl (C=O) groups excluding carboxylic acids is 2. The van der Waals surface area contributed by atoms with Crippen LogP contribution < -0.4 is 5.32 Å². The first-order chi connectivity index (χ1) is 10.1. The lowest BCUT2D eigenvalue weighted by molar-refractivity contribution is -0.119. The van der Waals surface area contributed by atoms with Crippen LogP contribution in [-0.2, 0) is 9.53 Å². The van der Waals surface area contributed by atoms with Crippen LogP contribution in [0.25, 0.3) is 0 Å². The number of ketones is 1. The molecule has 0 aromatic heterocycles. The minimum atomic E-state index is -0.321. The van der Waals surface area contributed by atoms with Gasteiger partial charge in [0.2, 0.25) is 0 Å². The van der Waals surface area contributed by atoms with Gasteiger partial charge in [0.1, 0.15) is 0 Å². The molecule has 0 saturated heterocycles. The zero-order valence-electron chi connectivity index (χ0n) is 12.5. The number of anilines is 1. The Kier molecular flexibility index (Phi) is 5.14. The van der Waals surface area contributed by atoms with Crippen LogP contribution in [0, 0.1) is 5.92 Å². The molecule has 112 valence electrons. The van der Waals surface area contributed by atoms with E-state index in [1.807, 2.05) is 6.92 Å². The number of Topliss-reactive ketones (excluding diaryl/α,β-unsaturated/α-hetero) is 1. The monoisotopic (exact) mass is 287 g/mol. The van der Waals surface area contributed by atoms with Gasteiger partial charge >= 0.3 is 5.97 Å². The van der Waals surface area contributed by atoms with Gasteiger partial charge in [0, 0.05) is 23.4 Å². The van der Waals surface area contributed by atoms with Crippen LogP contribution in [0.5, 0.6) is 0 Å². The molecule has 1 N–H and O–H groups in total. The maximum atomic E-state index is 12.0. The number of esters is 1. The highest BCUT2D eigenvalue weighted by Gasteiger charge is 2.22. The van der Waals surface area contributed by atoms with E-state index in [2.05, 4.69) is 5.32 Å². The van der Waals surface area contributed by atoms with Crippen molar-refractivity contribution in [1.29, 1.82) is 0 Å². The van der Waals surface area contributed by atoms with E-state index in [4.69, 9.17) is 4.74 Å². The van der Waals surface area contributed by atoms with Crippen molar-refractivity contribution in [3.05, 3.63) is 41.6 Å². The van der Waals surface area contributed by atoms with Gasteiger partial charge < -0.3 is 10.1 Å². The molecule has 0 amide bonds. The highest BCUT2D eigenvalue weighted by molar-refractivity contribution is 5.97. The Morgan fingerprint density at radius 2 is 2.10 bits per heavy atom. The topological polar surface area (TPSA) is 55.4 Å². The molecule has 1 aliphatic carbocycles. The molecule has 0 heterocycles. The number of allylic oxidation sites excluding steroid dienone is 1. The van der Waals surface area contributed by atoms with Crippen molar-refractivity contribution in [3.8, 4) is 0 Å². The second kappa shape index (κ2) is 7.07. The van der Waals surface area contributed by atoms with E-state index in [-0.39, 0.29) is 17.7 Å². The summed E-state index contributed by atoms with van der Waals surface area (Å²) in [5.41, 5.74) is 2.22. The predicted molar refractivity (Wildman–Crippen MR) is 82.1 cm³/mol. The van der Waals surface area contributed by atoms with Crippen molar-refractivity contribution in [2.45, 2.75) is 33.1 Å². The van der Waals surface area contributed by atoms with Crippen LogP contribution in [0.1, 0.15) is 43.5 Å². The van der Waals surface area contributed by atoms with Gasteiger partial charge in [-0.3, -0.25) is 4.79 Å². The van der Waals surface area contributed by atoms with Gasteiger partial charge in [0.05, 0.1) is 12.2 Å². The van der Waals surface area contributed by atoms with Crippen LogP contribution in [0.4, 0.5) is 5.69 Å². The van der Waals surface area contributed by atoms with Crippen LogP contribution in [-0.4, -0.2) is 18.4 Å². The fraction of sp³-hybridized carbons (Fsp3) is 0.412. The Morgan fingerprint density at radius 3 is 2.76 bits per heavy atom. The van der Waals surface area contributed by atoms with Gasteiger partial charge in [-0.05, 0) is 50.5 Å². The molecule has 21 heavy (non-hydrogen) atoms. The maximum absolute atomic E-state index is 12.0. The standard InChI is InChI=1S/C17H21NO3/c1-3-21-17(20)13-7-9-15(10-8-13)18-11-14-6-4-5-12(2)16(14)19/h7-12,18H,3-6H2,1-2H3/b14-11-/t12-/m1/s1. The van der Waals surface area contributed by atoms with Gasteiger partial charge in [-0.2, -0.15) is 0 Å². The predicted octanol–water partition coefficient (Wildman–Crippen LogP) is 3.55. The lowest BCUT2D eigenvalue weighted by Gasteiger charge is -2.19. The summed E-state index contributed by atoms with van der Waals surface area (Å²) in [5, 5.41) is 3.13. The molecule has 1 fully saturated rings. The Hall–Kier alpha value is -2.10. The summed E-state index contributed by atoms with van der Waals surface area (Å²) < 4.78 is 4.93. The number of hydrogen-bond donors (Lipinski definition) is 1. The second-order valence-electron chi connectivity index (χ2n) is 5.27. The smallest absolute Gasteiger partial charge is 0.338 e. The SMILES string of the molecule is CCOC(=O)c1ccc(N/C=C2/CCC[C@@H](C)C2=O)cc1. The average molecular weight is 287 g/mol. The summed E-state index contributed by atoms with van der Waals surface area (Å²) in [4.78, 5) is 23.5. The van der Waals surface area contributed by atoms with Crippen LogP contribution in [0.2, 0.25) is 0 Å². The minimum absolute atomic E-state index is 0.123. The van der Waals surface area contributed by atoms with Gasteiger partial charge in [-0.1, -0.05) is 6.92 Å². The van der Waals surface area contributed by atoms with Crippen LogP contribution in [0.15, 0.2) is 36.0 Å². The summed E-state index contributed by atoms with van der Waals surface area (Å²) in [7, 11) is 0. The molecule has 4 nitrogen and oxygen atoms in total. The highest BCUT2D eigenvalue weighted by atomic mass is 16.5. The first-order valence-electron chi connectivity index (χ1n) is 7.38. The summed E-state index contributed by atoms with van der Waals surface area (Å²) in [6, 6.07) is 7.04. The Labute approximate surface area is 125 Å². The Balaban J connectivity index is 2.00. The van der Waals surface area contributed by atoms with Crippen LogP contribution in [0.3, 0.4) is 0 Å². The number of carbonyl (C=O) groups is 2. The fourth-order valence-corrected chi connectivity index (χ4v) is 2.40. The van der Waals surface area contributed by atoms with Crippen LogP contribution >= 0.6 is 0 Å². The van der Waals surface area contributed by atoms with E-state index in [9.17, 15) is 9.59 Å². The first kappa shape index (κ1) is 15.3. The van der Waals surface area contributed by atoms with E-state index in [1.54, 1.807) is 37.4 Å². The van der Waals surface area contributed by atoms with Crippen molar-refractivity contribution < 1.29 is 14.3 Å². The van der Waals surface area contributed by atoms with Crippen molar-refractivity contribution in [2.24, 2.45) is 5.92 Å². The lowest BCUT2D eigenvalue weighted by atomic mass is 9.86. The quantitative estimate of drug-likeness (QED) is 0.679. The highest BCUT2D eigenvalue weighted by Crippen LogP contribution is 2.24. The molecule has 2 rings (SSSR count). The van der Waals surface area contributed by atoms with Crippen molar-refractivity contribution in [3.63, 3.8) is 0 Å². The van der Waals surface area contributed by atoms with E-state index in [1.165, 1.54) is 0 Å². The van der Waals surface area contributed by atoms with E-state index in [0.717, 1.165) is 30.5 Å². The molecule has 4 heteroatoms. The van der Waals surface area contributed by atoms with Crippen molar-refractivity contribution in [2.75, 3.05) is 11.9 Å². The number of hydrogen-bond acceptors (Lipinski definition) is 4. The molecule has 0 aliphatic heterocycles. The van der Waals surface area contributed by atoms with Gasteiger partial charge in [0.15, 0.2) is 5.78 Å². The molecule has 1 saturated carbocycles. The average Bonchev–Trinajstić information content (AvgIpc) is 2.49. The molecule has 0 unspecified atom stereocenters. The lowest BCUT2D eigenvalue weighted by Crippen LogP contribution is -2.19. The minimum Gasteiger partial charge on any atom is -0.462 e. The second-order valence-corrected chi connectivity index (χ2v) is 5.27. The third-order valence-corrected chi connectivity index (χ3v) is 3.66. The molecule has 0 bridgehead atoms. The molecular weight excluding hydrogens is 266 g/mol. The molecule has 1 atom stereocenters. The van der Waals surface area contributed by atoms with E-state index < -0.39 is 0 Å². The van der Waals surface area contributed by atoms with Gasteiger partial charge in [-0.15, -0.1) is 0 Å². The summed E-state index contributed by atoms with van der Waals surface area (Å²) in [6.45, 7) is 4.12. The fourth-order valence-electron chi connectivity index (χ4n) is 2.40. The number of benzene rings is 1. The molecular formula is C17H21NO3. The largest absolute Gasteiger partial charge is 0.462 e. The van der Waals surface area contributed by atoms with Crippen molar-refractivity contribution in [1.82, 2.24) is 0 Å². The van der Waals surface area contributed by atoms with Gasteiger partial charge in [0.25, 0.3) is 0 Å². The number of rotatable bonds is 4. The van der Waals surface area contributed by atoms with Gasteiger partial charge in [-0.25, -0.2) is 4.79 Å². The zero-order chi connectivity index (χ0) is 15.2. The molecule has 1 aromatic rings. The third kappa shape index (κ3) is 3.94. The maximum Gasteiger partial charge on any atom is 0.338 e. The van der Waals surface area contributed by atoms with E-state index >= 15 is 0 Å². The first-order valence-corrected chi connectivity index (χ1v) is 7.38. The molecule has 0 radical (unpaired) electrons. The normalized spacial score (nSPS) is 20.4. The summed E-state index contributed by atoms with van der Waals surface area (Å²) >= 11 is 0. The molecule has 0 spiro atoms. The molecule has 1 aliphatic rings. The summed E-state index contributed by atoms with van der Waals surface area (Å²) in [5.74, 6) is 0.0357. The molecule has 1 aromatic carbocycles.